The van der Waals surface area contributed by atoms with E-state index >= 15 is 0 Å². The van der Waals surface area contributed by atoms with E-state index in [0.29, 0.717) is 18.7 Å². The molecule has 2 rings (SSSR count). The van der Waals surface area contributed by atoms with Gasteiger partial charge in [0.05, 0.1) is 12.1 Å². The van der Waals surface area contributed by atoms with Crippen molar-refractivity contribution in [3.63, 3.8) is 0 Å². The number of hydrogen-bond donors (Lipinski definition) is 1. The molecule has 0 bridgehead atoms. The predicted octanol–water partition coefficient (Wildman–Crippen LogP) is 4.56. The molecule has 0 aliphatic carbocycles. The number of hydrogen-bond acceptors (Lipinski definition) is 2. The Labute approximate surface area is 146 Å². The molecule has 1 amide bonds. The zero-order valence-electron chi connectivity index (χ0n) is 13.7. The maximum absolute atomic E-state index is 12.1. The van der Waals surface area contributed by atoms with E-state index in [0.717, 1.165) is 15.8 Å². The lowest BCUT2D eigenvalue weighted by atomic mass is 9.86. The van der Waals surface area contributed by atoms with Gasteiger partial charge in [-0.3, -0.25) is 4.79 Å². The highest BCUT2D eigenvalue weighted by Gasteiger charge is 2.18. The number of amides is 1. The van der Waals surface area contributed by atoms with Crippen LogP contribution in [0.2, 0.25) is 0 Å². The number of rotatable bonds is 5. The molecule has 0 saturated heterocycles. The molecule has 0 unspecified atom stereocenters. The van der Waals surface area contributed by atoms with Crippen molar-refractivity contribution in [1.29, 1.82) is 0 Å². The summed E-state index contributed by atoms with van der Waals surface area (Å²) in [7, 11) is 0. The monoisotopic (exact) mass is 375 g/mol. The van der Waals surface area contributed by atoms with Crippen molar-refractivity contribution in [2.24, 2.45) is 0 Å². The Hall–Kier alpha value is -1.81. The molecule has 0 radical (unpaired) electrons. The van der Waals surface area contributed by atoms with Crippen molar-refractivity contribution in [2.45, 2.75) is 26.2 Å². The van der Waals surface area contributed by atoms with Gasteiger partial charge in [-0.25, -0.2) is 0 Å². The molecule has 0 spiro atoms. The third kappa shape index (κ3) is 4.83. The van der Waals surface area contributed by atoms with E-state index in [1.165, 1.54) is 0 Å². The van der Waals surface area contributed by atoms with Gasteiger partial charge in [0, 0.05) is 4.47 Å². The molecule has 4 heteroatoms. The van der Waals surface area contributed by atoms with Crippen molar-refractivity contribution in [3.8, 4) is 5.75 Å². The van der Waals surface area contributed by atoms with Crippen LogP contribution in [0.5, 0.6) is 5.75 Å². The quantitative estimate of drug-likeness (QED) is 0.778. The lowest BCUT2D eigenvalue weighted by Gasteiger charge is -2.22. The maximum Gasteiger partial charge on any atom is 0.252 e. The first-order valence-corrected chi connectivity index (χ1v) is 8.44. The van der Waals surface area contributed by atoms with Gasteiger partial charge in [0.1, 0.15) is 12.4 Å². The standard InChI is InChI=1S/C19H22BrNO2/c1-19(2,3)15-9-5-7-11-17(15)23-13-12-21-18(22)14-8-4-6-10-16(14)20/h4-11H,12-13H2,1-3H3,(H,21,22). The highest BCUT2D eigenvalue weighted by Crippen LogP contribution is 2.30. The predicted molar refractivity (Wildman–Crippen MR) is 97.1 cm³/mol. The summed E-state index contributed by atoms with van der Waals surface area (Å²) in [5, 5.41) is 2.87. The topological polar surface area (TPSA) is 38.3 Å². The van der Waals surface area contributed by atoms with Crippen LogP contribution in [-0.4, -0.2) is 19.1 Å². The average molecular weight is 376 g/mol. The molecule has 2 aromatic carbocycles. The smallest absolute Gasteiger partial charge is 0.252 e. The van der Waals surface area contributed by atoms with E-state index in [-0.39, 0.29) is 11.3 Å². The van der Waals surface area contributed by atoms with Crippen molar-refractivity contribution in [1.82, 2.24) is 5.32 Å². The molecule has 0 fully saturated rings. The number of carbonyl (C=O) groups is 1. The molecule has 2 aromatic rings. The van der Waals surface area contributed by atoms with Gasteiger partial charge in [-0.05, 0) is 45.1 Å². The second kappa shape index (κ2) is 7.64. The summed E-state index contributed by atoms with van der Waals surface area (Å²) in [5.74, 6) is 0.764. The van der Waals surface area contributed by atoms with Gasteiger partial charge in [-0.2, -0.15) is 0 Å². The summed E-state index contributed by atoms with van der Waals surface area (Å²) in [6.45, 7) is 7.36. The minimum absolute atomic E-state index is 0.0226. The third-order valence-electron chi connectivity index (χ3n) is 3.46. The van der Waals surface area contributed by atoms with Crippen molar-refractivity contribution in [2.75, 3.05) is 13.2 Å². The summed E-state index contributed by atoms with van der Waals surface area (Å²) in [5.41, 5.74) is 1.81. The average Bonchev–Trinajstić information content (AvgIpc) is 2.51. The molecule has 0 heterocycles. The lowest BCUT2D eigenvalue weighted by molar-refractivity contribution is 0.0946. The van der Waals surface area contributed by atoms with Gasteiger partial charge in [-0.15, -0.1) is 0 Å². The second-order valence-corrected chi connectivity index (χ2v) is 7.18. The van der Waals surface area contributed by atoms with Crippen molar-refractivity contribution in [3.05, 3.63) is 64.1 Å². The van der Waals surface area contributed by atoms with E-state index in [9.17, 15) is 4.79 Å². The first-order valence-electron chi connectivity index (χ1n) is 7.64. The minimum atomic E-state index is -0.106. The fourth-order valence-electron chi connectivity index (χ4n) is 2.28. The summed E-state index contributed by atoms with van der Waals surface area (Å²) < 4.78 is 6.64. The molecule has 0 aromatic heterocycles. The highest BCUT2D eigenvalue weighted by atomic mass is 79.9. The number of carbonyl (C=O) groups excluding carboxylic acids is 1. The van der Waals surface area contributed by atoms with Crippen LogP contribution < -0.4 is 10.1 Å². The fourth-order valence-corrected chi connectivity index (χ4v) is 2.74. The molecule has 23 heavy (non-hydrogen) atoms. The molecule has 0 aliphatic heterocycles. The molecule has 122 valence electrons. The SMILES string of the molecule is CC(C)(C)c1ccccc1OCCNC(=O)c1ccccc1Br. The Morgan fingerprint density at radius 1 is 1.09 bits per heavy atom. The minimum Gasteiger partial charge on any atom is -0.491 e. The van der Waals surface area contributed by atoms with Gasteiger partial charge in [0.25, 0.3) is 5.91 Å². The zero-order valence-corrected chi connectivity index (χ0v) is 15.3. The van der Waals surface area contributed by atoms with Crippen LogP contribution in [0, 0.1) is 0 Å². The van der Waals surface area contributed by atoms with E-state index < -0.39 is 0 Å². The van der Waals surface area contributed by atoms with Crippen LogP contribution in [0.15, 0.2) is 53.0 Å². The van der Waals surface area contributed by atoms with Crippen LogP contribution >= 0.6 is 15.9 Å². The van der Waals surface area contributed by atoms with Crippen LogP contribution in [0.3, 0.4) is 0 Å². The van der Waals surface area contributed by atoms with Crippen LogP contribution in [0.4, 0.5) is 0 Å². The van der Waals surface area contributed by atoms with E-state index in [1.807, 2.05) is 36.4 Å². The third-order valence-corrected chi connectivity index (χ3v) is 4.15. The maximum atomic E-state index is 12.1. The normalized spacial score (nSPS) is 11.1. The molecule has 0 aliphatic rings. The van der Waals surface area contributed by atoms with Gasteiger partial charge in [-0.1, -0.05) is 51.1 Å². The van der Waals surface area contributed by atoms with Gasteiger partial charge in [0.15, 0.2) is 0 Å². The Morgan fingerprint density at radius 3 is 2.43 bits per heavy atom. The Morgan fingerprint density at radius 2 is 1.74 bits per heavy atom. The molecule has 3 nitrogen and oxygen atoms in total. The number of benzene rings is 2. The van der Waals surface area contributed by atoms with Gasteiger partial charge in [0.2, 0.25) is 0 Å². The largest absolute Gasteiger partial charge is 0.491 e. The number of halogens is 1. The van der Waals surface area contributed by atoms with E-state index in [4.69, 9.17) is 4.74 Å². The van der Waals surface area contributed by atoms with Crippen LogP contribution in [0.1, 0.15) is 36.7 Å². The summed E-state index contributed by atoms with van der Waals surface area (Å²) in [4.78, 5) is 12.1. The first-order chi connectivity index (χ1) is 10.9. The summed E-state index contributed by atoms with van der Waals surface area (Å²) in [6.07, 6.45) is 0. The van der Waals surface area contributed by atoms with E-state index in [1.54, 1.807) is 6.07 Å². The Bertz CT molecular complexity index is 677. The van der Waals surface area contributed by atoms with Crippen LogP contribution in [-0.2, 0) is 5.41 Å². The molecule has 0 saturated carbocycles. The van der Waals surface area contributed by atoms with E-state index in [2.05, 4.69) is 48.1 Å². The number of ether oxygens (including phenoxy) is 1. The Kier molecular flexibility index (Phi) is 5.83. The van der Waals surface area contributed by atoms with Gasteiger partial charge < -0.3 is 10.1 Å². The number of para-hydroxylation sites is 1. The Balaban J connectivity index is 1.89. The molecule has 0 atom stereocenters. The summed E-state index contributed by atoms with van der Waals surface area (Å²) >= 11 is 3.38. The molecular weight excluding hydrogens is 354 g/mol. The zero-order chi connectivity index (χ0) is 16.9. The van der Waals surface area contributed by atoms with Crippen molar-refractivity contribution >= 4 is 21.8 Å². The molecular formula is C19H22BrNO2. The second-order valence-electron chi connectivity index (χ2n) is 6.33. The molecule has 1 N–H and O–H groups in total. The fraction of sp³-hybridized carbons (Fsp3) is 0.316. The lowest BCUT2D eigenvalue weighted by Crippen LogP contribution is -2.28. The summed E-state index contributed by atoms with van der Waals surface area (Å²) in [6, 6.07) is 15.4. The van der Waals surface area contributed by atoms with Crippen molar-refractivity contribution < 1.29 is 9.53 Å². The van der Waals surface area contributed by atoms with Crippen LogP contribution in [0.25, 0.3) is 0 Å². The highest BCUT2D eigenvalue weighted by molar-refractivity contribution is 9.10. The van der Waals surface area contributed by atoms with Gasteiger partial charge >= 0.3 is 0 Å². The first kappa shape index (κ1) is 17.5. The number of nitrogens with one attached hydrogen (secondary N) is 1.